The first kappa shape index (κ1) is 15.2. The fourth-order valence-electron chi connectivity index (χ4n) is 2.05. The van der Waals surface area contributed by atoms with Gasteiger partial charge in [-0.25, -0.2) is 4.39 Å². The van der Waals surface area contributed by atoms with Gasteiger partial charge >= 0.3 is 0 Å². The lowest BCUT2D eigenvalue weighted by molar-refractivity contribution is -0.117. The zero-order chi connectivity index (χ0) is 16.2. The van der Waals surface area contributed by atoms with Crippen molar-refractivity contribution in [1.29, 1.82) is 0 Å². The van der Waals surface area contributed by atoms with Crippen molar-refractivity contribution in [1.82, 2.24) is 20.2 Å². The molecule has 2 aromatic carbocycles. The van der Waals surface area contributed by atoms with Crippen LogP contribution in [0.25, 0.3) is 5.69 Å². The van der Waals surface area contributed by atoms with Crippen LogP contribution in [0.3, 0.4) is 0 Å². The van der Waals surface area contributed by atoms with Crippen molar-refractivity contribution in [2.75, 3.05) is 0 Å². The van der Waals surface area contributed by atoms with Crippen molar-refractivity contribution in [2.45, 2.75) is 10.4 Å². The number of carbonyl (C=O) groups excluding carboxylic acids is 1. The maximum Gasteiger partial charge on any atom is 0.235 e. The number of nitrogens with two attached hydrogens (primary N) is 1. The Hall–Kier alpha value is -2.74. The molecule has 1 heterocycles. The summed E-state index contributed by atoms with van der Waals surface area (Å²) in [5.41, 5.74) is 6.72. The fraction of sp³-hybridized carbons (Fsp3) is 0.0667. The molecule has 1 aromatic heterocycles. The largest absolute Gasteiger partial charge is 0.368 e. The Morgan fingerprint density at radius 1 is 1.17 bits per heavy atom. The molecule has 0 radical (unpaired) electrons. The lowest BCUT2D eigenvalue weighted by Crippen LogP contribution is -2.19. The van der Waals surface area contributed by atoms with E-state index < -0.39 is 17.0 Å². The van der Waals surface area contributed by atoms with Gasteiger partial charge in [0.15, 0.2) is 0 Å². The summed E-state index contributed by atoms with van der Waals surface area (Å²) in [6.45, 7) is 0. The van der Waals surface area contributed by atoms with Crippen LogP contribution in [-0.2, 0) is 4.79 Å². The van der Waals surface area contributed by atoms with E-state index in [9.17, 15) is 9.18 Å². The van der Waals surface area contributed by atoms with Crippen LogP contribution < -0.4 is 5.73 Å². The predicted molar refractivity (Wildman–Crippen MR) is 83.3 cm³/mol. The standard InChI is InChI=1S/C15H12FN5OS/c16-11-7-4-8-12(9-11)21-15(18-19-20-21)23-13(14(17)22)10-5-2-1-3-6-10/h1-9,13H,(H2,17,22)/t13-/m0/s1. The minimum atomic E-state index is -0.644. The van der Waals surface area contributed by atoms with Crippen LogP contribution in [0.15, 0.2) is 59.8 Å². The Bertz CT molecular complexity index is 823. The van der Waals surface area contributed by atoms with Crippen molar-refractivity contribution in [3.8, 4) is 5.69 Å². The Labute approximate surface area is 135 Å². The summed E-state index contributed by atoms with van der Waals surface area (Å²) in [7, 11) is 0. The Morgan fingerprint density at radius 2 is 1.96 bits per heavy atom. The van der Waals surface area contributed by atoms with Crippen molar-refractivity contribution < 1.29 is 9.18 Å². The normalized spacial score (nSPS) is 12.0. The van der Waals surface area contributed by atoms with Gasteiger partial charge in [0, 0.05) is 0 Å². The summed E-state index contributed by atoms with van der Waals surface area (Å²) in [4.78, 5) is 11.8. The molecule has 6 nitrogen and oxygen atoms in total. The van der Waals surface area contributed by atoms with E-state index in [0.717, 1.165) is 17.3 Å². The predicted octanol–water partition coefficient (Wildman–Crippen LogP) is 2.12. The van der Waals surface area contributed by atoms with Gasteiger partial charge in [0.25, 0.3) is 0 Å². The van der Waals surface area contributed by atoms with E-state index >= 15 is 0 Å². The van der Waals surface area contributed by atoms with E-state index in [0.29, 0.717) is 10.8 Å². The van der Waals surface area contributed by atoms with Crippen LogP contribution in [0.5, 0.6) is 0 Å². The molecule has 0 aliphatic rings. The minimum Gasteiger partial charge on any atom is -0.368 e. The second kappa shape index (κ2) is 6.57. The lowest BCUT2D eigenvalue weighted by Gasteiger charge is -2.12. The molecule has 0 saturated carbocycles. The van der Waals surface area contributed by atoms with Gasteiger partial charge in [-0.05, 0) is 34.2 Å². The van der Waals surface area contributed by atoms with E-state index in [2.05, 4.69) is 15.5 Å². The molecule has 3 rings (SSSR count). The van der Waals surface area contributed by atoms with Crippen molar-refractivity contribution >= 4 is 17.7 Å². The first-order valence-corrected chi connectivity index (χ1v) is 7.58. The molecule has 3 aromatic rings. The monoisotopic (exact) mass is 329 g/mol. The highest BCUT2D eigenvalue weighted by Crippen LogP contribution is 2.34. The average Bonchev–Trinajstić information content (AvgIpc) is 3.01. The zero-order valence-corrected chi connectivity index (χ0v) is 12.7. The molecule has 1 amide bonds. The molecule has 8 heteroatoms. The quantitative estimate of drug-likeness (QED) is 0.725. The number of benzene rings is 2. The third-order valence-corrected chi connectivity index (χ3v) is 4.28. The van der Waals surface area contributed by atoms with Gasteiger partial charge in [-0.1, -0.05) is 48.2 Å². The van der Waals surface area contributed by atoms with Crippen LogP contribution in [0.2, 0.25) is 0 Å². The highest BCUT2D eigenvalue weighted by molar-refractivity contribution is 8.00. The topological polar surface area (TPSA) is 86.7 Å². The third kappa shape index (κ3) is 3.37. The first-order chi connectivity index (χ1) is 11.1. The molecule has 0 aliphatic heterocycles. The van der Waals surface area contributed by atoms with Crippen LogP contribution in [0, 0.1) is 5.82 Å². The van der Waals surface area contributed by atoms with E-state index in [1.54, 1.807) is 24.3 Å². The maximum atomic E-state index is 13.4. The second-order valence-corrected chi connectivity index (χ2v) is 5.74. The van der Waals surface area contributed by atoms with E-state index in [4.69, 9.17) is 5.73 Å². The second-order valence-electron chi connectivity index (χ2n) is 4.66. The Morgan fingerprint density at radius 3 is 2.65 bits per heavy atom. The van der Waals surface area contributed by atoms with Crippen molar-refractivity contribution in [3.05, 3.63) is 66.0 Å². The summed E-state index contributed by atoms with van der Waals surface area (Å²) < 4.78 is 14.8. The lowest BCUT2D eigenvalue weighted by atomic mass is 10.1. The Balaban J connectivity index is 1.94. The molecular weight excluding hydrogens is 317 g/mol. The van der Waals surface area contributed by atoms with E-state index in [1.807, 2.05) is 18.2 Å². The smallest absolute Gasteiger partial charge is 0.235 e. The molecule has 0 fully saturated rings. The number of primary amides is 1. The summed E-state index contributed by atoms with van der Waals surface area (Å²) in [6, 6.07) is 15.0. The number of nitrogens with zero attached hydrogens (tertiary/aromatic N) is 4. The van der Waals surface area contributed by atoms with Gasteiger partial charge < -0.3 is 5.73 Å². The number of hydrogen-bond acceptors (Lipinski definition) is 5. The number of carbonyl (C=O) groups is 1. The molecule has 0 aliphatic carbocycles. The van der Waals surface area contributed by atoms with Crippen molar-refractivity contribution in [2.24, 2.45) is 5.73 Å². The van der Waals surface area contributed by atoms with Crippen LogP contribution in [0.1, 0.15) is 10.8 Å². The number of hydrogen-bond donors (Lipinski definition) is 1. The molecule has 0 bridgehead atoms. The van der Waals surface area contributed by atoms with E-state index in [-0.39, 0.29) is 0 Å². The van der Waals surface area contributed by atoms with Gasteiger partial charge in [0.05, 0.1) is 5.69 Å². The van der Waals surface area contributed by atoms with Crippen LogP contribution in [-0.4, -0.2) is 26.1 Å². The molecule has 2 N–H and O–H groups in total. The number of tetrazole rings is 1. The van der Waals surface area contributed by atoms with Crippen LogP contribution in [0.4, 0.5) is 4.39 Å². The average molecular weight is 329 g/mol. The number of thioether (sulfide) groups is 1. The number of halogens is 1. The van der Waals surface area contributed by atoms with Gasteiger partial charge in [-0.15, -0.1) is 5.10 Å². The zero-order valence-electron chi connectivity index (χ0n) is 11.8. The third-order valence-electron chi connectivity index (χ3n) is 3.08. The molecule has 116 valence electrons. The number of aromatic nitrogens is 4. The van der Waals surface area contributed by atoms with Gasteiger partial charge in [-0.2, -0.15) is 4.68 Å². The van der Waals surface area contributed by atoms with Crippen molar-refractivity contribution in [3.63, 3.8) is 0 Å². The molecule has 1 atom stereocenters. The summed E-state index contributed by atoms with van der Waals surface area (Å²) >= 11 is 1.11. The van der Waals surface area contributed by atoms with Gasteiger partial charge in [-0.3, -0.25) is 4.79 Å². The summed E-state index contributed by atoms with van der Waals surface area (Å²) in [5, 5.41) is 11.1. The molecule has 0 saturated heterocycles. The summed E-state index contributed by atoms with van der Waals surface area (Å²) in [5.74, 6) is -0.904. The van der Waals surface area contributed by atoms with Crippen LogP contribution >= 0.6 is 11.8 Å². The first-order valence-electron chi connectivity index (χ1n) is 6.70. The highest BCUT2D eigenvalue weighted by Gasteiger charge is 2.23. The maximum absolute atomic E-state index is 13.4. The molecular formula is C15H12FN5OS. The molecule has 0 spiro atoms. The van der Waals surface area contributed by atoms with E-state index in [1.165, 1.54) is 16.8 Å². The molecule has 0 unspecified atom stereocenters. The number of rotatable bonds is 5. The minimum absolute atomic E-state index is 0.350. The fourth-order valence-corrected chi connectivity index (χ4v) is 2.99. The SMILES string of the molecule is NC(=O)[C@@H](Sc1nnnn1-c1cccc(F)c1)c1ccccc1. The van der Waals surface area contributed by atoms with Gasteiger partial charge in [0.1, 0.15) is 11.1 Å². The molecule has 23 heavy (non-hydrogen) atoms. The number of amides is 1. The van der Waals surface area contributed by atoms with Gasteiger partial charge in [0.2, 0.25) is 11.1 Å². The highest BCUT2D eigenvalue weighted by atomic mass is 32.2. The summed E-state index contributed by atoms with van der Waals surface area (Å²) in [6.07, 6.45) is 0. The Kier molecular flexibility index (Phi) is 4.33.